The summed E-state index contributed by atoms with van der Waals surface area (Å²) in [6.45, 7) is 9.85. The van der Waals surface area contributed by atoms with Gasteiger partial charge in [-0.05, 0) is 89.8 Å². The van der Waals surface area contributed by atoms with Crippen molar-refractivity contribution in [3.05, 3.63) is 35.5 Å². The molecule has 2 aliphatic rings. The number of nitrogens with zero attached hydrogens (tertiary/aromatic N) is 4. The molecule has 2 amide bonds. The normalized spacial score (nSPS) is 20.7. The molecule has 0 bridgehead atoms. The number of benzene rings is 1. The van der Waals surface area contributed by atoms with E-state index in [0.717, 1.165) is 56.1 Å². The number of aromatic nitrogens is 1. The van der Waals surface area contributed by atoms with Crippen LogP contribution in [0.25, 0.3) is 10.9 Å². The molecule has 4 rings (SSSR count). The van der Waals surface area contributed by atoms with Crippen LogP contribution in [0.5, 0.6) is 0 Å². The van der Waals surface area contributed by atoms with Gasteiger partial charge in [-0.25, -0.2) is 4.79 Å². The Balaban J connectivity index is 1.45. The molecule has 1 aromatic carbocycles. The lowest BCUT2D eigenvalue weighted by Gasteiger charge is -2.32. The van der Waals surface area contributed by atoms with E-state index in [4.69, 9.17) is 4.74 Å². The number of carbonyl (C=O) groups excluding carboxylic acids is 2. The summed E-state index contributed by atoms with van der Waals surface area (Å²) in [6, 6.07) is 10.0. The number of likely N-dealkylation sites (tertiary alicyclic amines) is 2. The number of aryl methyl sites for hydroxylation is 2. The molecule has 0 spiro atoms. The number of carbonyl (C=O) groups is 2. The molecular weight excluding hydrogens is 428 g/mol. The highest BCUT2D eigenvalue weighted by atomic mass is 16.6. The van der Waals surface area contributed by atoms with Crippen LogP contribution < -0.4 is 0 Å². The summed E-state index contributed by atoms with van der Waals surface area (Å²) in [6.07, 6.45) is 4.91. The zero-order valence-electron chi connectivity index (χ0n) is 20.8. The smallest absolute Gasteiger partial charge is 0.410 e. The molecule has 0 N–H and O–H groups in total. The van der Waals surface area contributed by atoms with Gasteiger partial charge in [-0.2, -0.15) is 5.26 Å². The van der Waals surface area contributed by atoms with E-state index in [9.17, 15) is 14.9 Å². The SMILES string of the molecule is CCn1c(CC[C@@H]2CCCN2C(=O)[C@H]2CCCN2C(=O)OC(C)(C)C)cc2ccc(C#N)cc21. The molecule has 7 nitrogen and oxygen atoms in total. The zero-order valence-corrected chi connectivity index (χ0v) is 20.8. The van der Waals surface area contributed by atoms with E-state index in [-0.39, 0.29) is 18.0 Å². The molecule has 0 radical (unpaired) electrons. The lowest BCUT2D eigenvalue weighted by Crippen LogP contribution is -2.50. The summed E-state index contributed by atoms with van der Waals surface area (Å²) in [5.41, 5.74) is 2.43. The van der Waals surface area contributed by atoms with E-state index in [0.29, 0.717) is 18.5 Å². The summed E-state index contributed by atoms with van der Waals surface area (Å²) in [5.74, 6) is 0.0700. The summed E-state index contributed by atoms with van der Waals surface area (Å²) < 4.78 is 7.84. The van der Waals surface area contributed by atoms with Crippen molar-refractivity contribution in [3.63, 3.8) is 0 Å². The molecule has 0 saturated carbocycles. The molecular formula is C27H36N4O3. The summed E-state index contributed by atoms with van der Waals surface area (Å²) >= 11 is 0. The van der Waals surface area contributed by atoms with Crippen molar-refractivity contribution < 1.29 is 14.3 Å². The zero-order chi connectivity index (χ0) is 24.5. The molecule has 7 heteroatoms. The third-order valence-corrected chi connectivity index (χ3v) is 7.00. The van der Waals surface area contributed by atoms with Crippen LogP contribution in [0.2, 0.25) is 0 Å². The molecule has 2 saturated heterocycles. The highest BCUT2D eigenvalue weighted by molar-refractivity contribution is 5.87. The summed E-state index contributed by atoms with van der Waals surface area (Å²) in [5, 5.41) is 10.4. The first-order valence-electron chi connectivity index (χ1n) is 12.5. The van der Waals surface area contributed by atoms with Gasteiger partial charge in [-0.3, -0.25) is 9.69 Å². The molecule has 0 unspecified atom stereocenters. The van der Waals surface area contributed by atoms with Gasteiger partial charge in [0.25, 0.3) is 0 Å². The molecule has 1 aromatic heterocycles. The van der Waals surface area contributed by atoms with Crippen molar-refractivity contribution in [2.75, 3.05) is 13.1 Å². The Morgan fingerprint density at radius 2 is 1.85 bits per heavy atom. The maximum atomic E-state index is 13.5. The van der Waals surface area contributed by atoms with Crippen LogP contribution in [0.15, 0.2) is 24.3 Å². The molecule has 2 fully saturated rings. The number of fused-ring (bicyclic) bond motifs is 1. The van der Waals surface area contributed by atoms with Crippen molar-refractivity contribution in [1.29, 1.82) is 5.26 Å². The first kappa shape index (κ1) is 24.1. The van der Waals surface area contributed by atoms with Crippen LogP contribution in [0.4, 0.5) is 4.79 Å². The fourth-order valence-electron chi connectivity index (χ4n) is 5.46. The van der Waals surface area contributed by atoms with Crippen molar-refractivity contribution in [1.82, 2.24) is 14.4 Å². The fraction of sp³-hybridized carbons (Fsp3) is 0.593. The van der Waals surface area contributed by atoms with Crippen LogP contribution in [0.1, 0.15) is 71.1 Å². The van der Waals surface area contributed by atoms with Gasteiger partial charge in [0.1, 0.15) is 11.6 Å². The third-order valence-electron chi connectivity index (χ3n) is 7.00. The van der Waals surface area contributed by atoms with Crippen molar-refractivity contribution in [2.24, 2.45) is 0 Å². The maximum absolute atomic E-state index is 13.5. The fourth-order valence-corrected chi connectivity index (χ4v) is 5.46. The lowest BCUT2D eigenvalue weighted by molar-refractivity contribution is -0.136. The molecule has 3 heterocycles. The number of hydrogen-bond donors (Lipinski definition) is 0. The largest absolute Gasteiger partial charge is 0.444 e. The van der Waals surface area contributed by atoms with Crippen molar-refractivity contribution >= 4 is 22.9 Å². The van der Waals surface area contributed by atoms with Crippen LogP contribution >= 0.6 is 0 Å². The van der Waals surface area contributed by atoms with Crippen LogP contribution in [-0.2, 0) is 22.5 Å². The lowest BCUT2D eigenvalue weighted by atomic mass is 10.1. The van der Waals surface area contributed by atoms with E-state index in [1.54, 1.807) is 4.90 Å². The van der Waals surface area contributed by atoms with Crippen molar-refractivity contribution in [3.8, 4) is 6.07 Å². The molecule has 34 heavy (non-hydrogen) atoms. The molecule has 0 aliphatic carbocycles. The Morgan fingerprint density at radius 1 is 1.12 bits per heavy atom. The minimum absolute atomic E-state index is 0.0700. The number of amides is 2. The first-order chi connectivity index (χ1) is 16.2. The van der Waals surface area contributed by atoms with Crippen LogP contribution in [0, 0.1) is 11.3 Å². The second kappa shape index (κ2) is 9.69. The minimum atomic E-state index is -0.574. The topological polar surface area (TPSA) is 78.6 Å². The van der Waals surface area contributed by atoms with Crippen LogP contribution in [0.3, 0.4) is 0 Å². The first-order valence-corrected chi connectivity index (χ1v) is 12.5. The second-order valence-corrected chi connectivity index (χ2v) is 10.5. The number of ether oxygens (including phenoxy) is 1. The van der Waals surface area contributed by atoms with Crippen LogP contribution in [-0.4, -0.2) is 57.1 Å². The number of nitriles is 1. The molecule has 2 aromatic rings. The van der Waals surface area contributed by atoms with Gasteiger partial charge in [0.05, 0.1) is 11.6 Å². The highest BCUT2D eigenvalue weighted by Crippen LogP contribution is 2.29. The third kappa shape index (κ3) is 4.91. The van der Waals surface area contributed by atoms with Gasteiger partial charge in [-0.15, -0.1) is 0 Å². The Morgan fingerprint density at radius 3 is 2.56 bits per heavy atom. The maximum Gasteiger partial charge on any atom is 0.410 e. The average molecular weight is 465 g/mol. The second-order valence-electron chi connectivity index (χ2n) is 10.5. The standard InChI is InChI=1S/C27H36N4O3/c1-5-29-22(17-20-11-10-19(18-28)16-24(20)29)13-12-21-8-6-14-30(21)25(32)23-9-7-15-31(23)26(33)34-27(2,3)4/h10-11,16-17,21,23H,5-9,12-15H2,1-4H3/t21-,23+/m0/s1. The molecule has 2 atom stereocenters. The Labute approximate surface area is 202 Å². The van der Waals surface area contributed by atoms with E-state index in [1.807, 2.05) is 43.9 Å². The Hall–Kier alpha value is -3.01. The van der Waals surface area contributed by atoms with Gasteiger partial charge in [0.15, 0.2) is 0 Å². The minimum Gasteiger partial charge on any atom is -0.444 e. The monoisotopic (exact) mass is 464 g/mol. The van der Waals surface area contributed by atoms with E-state index < -0.39 is 11.6 Å². The Bertz CT molecular complexity index is 1110. The van der Waals surface area contributed by atoms with Gasteiger partial charge in [-0.1, -0.05) is 6.07 Å². The van der Waals surface area contributed by atoms with Gasteiger partial charge in [0.2, 0.25) is 5.91 Å². The summed E-state index contributed by atoms with van der Waals surface area (Å²) in [4.78, 5) is 29.9. The predicted octanol–water partition coefficient (Wildman–Crippen LogP) is 4.86. The van der Waals surface area contributed by atoms with E-state index >= 15 is 0 Å². The Kier molecular flexibility index (Phi) is 6.88. The van der Waals surface area contributed by atoms with Gasteiger partial charge in [0, 0.05) is 36.9 Å². The van der Waals surface area contributed by atoms with Crippen molar-refractivity contribution in [2.45, 2.75) is 90.4 Å². The predicted molar refractivity (Wildman–Crippen MR) is 131 cm³/mol. The molecule has 2 aliphatic heterocycles. The summed E-state index contributed by atoms with van der Waals surface area (Å²) in [7, 11) is 0. The average Bonchev–Trinajstić information content (AvgIpc) is 3.53. The number of hydrogen-bond acceptors (Lipinski definition) is 4. The van der Waals surface area contributed by atoms with E-state index in [2.05, 4.69) is 23.6 Å². The van der Waals surface area contributed by atoms with Gasteiger partial charge < -0.3 is 14.2 Å². The quantitative estimate of drug-likeness (QED) is 0.633. The number of rotatable bonds is 5. The highest BCUT2D eigenvalue weighted by Gasteiger charge is 2.41. The van der Waals surface area contributed by atoms with Gasteiger partial charge >= 0.3 is 6.09 Å². The molecule has 182 valence electrons. The van der Waals surface area contributed by atoms with E-state index in [1.165, 1.54) is 5.69 Å².